The van der Waals surface area contributed by atoms with Crippen LogP contribution in [0.1, 0.15) is 43.5 Å². The molecular weight excluding hydrogens is 338 g/mol. The van der Waals surface area contributed by atoms with Gasteiger partial charge >= 0.3 is 0 Å². The summed E-state index contributed by atoms with van der Waals surface area (Å²) >= 11 is 0. The maximum Gasteiger partial charge on any atom is 0.181 e. The van der Waals surface area contributed by atoms with Crippen LogP contribution in [0.4, 0.5) is 5.69 Å². The Labute approximate surface area is 159 Å². The summed E-state index contributed by atoms with van der Waals surface area (Å²) in [6, 6.07) is 16.3. The quantitative estimate of drug-likeness (QED) is 0.734. The number of para-hydroxylation sites is 2. The molecule has 0 spiro atoms. The third-order valence-electron chi connectivity index (χ3n) is 5.33. The second kappa shape index (κ2) is 7.39. The molecule has 0 unspecified atom stereocenters. The van der Waals surface area contributed by atoms with Gasteiger partial charge in [0.05, 0.1) is 24.0 Å². The predicted molar refractivity (Wildman–Crippen MR) is 105 cm³/mol. The maximum absolute atomic E-state index is 5.56. The molecule has 27 heavy (non-hydrogen) atoms. The van der Waals surface area contributed by atoms with Gasteiger partial charge in [-0.3, -0.25) is 0 Å². The highest BCUT2D eigenvalue weighted by Gasteiger charge is 2.39. The Bertz CT molecular complexity index is 914. The highest BCUT2D eigenvalue weighted by atomic mass is 16.5. The van der Waals surface area contributed by atoms with Crippen LogP contribution in [-0.4, -0.2) is 27.3 Å². The van der Waals surface area contributed by atoms with Crippen molar-refractivity contribution in [1.29, 1.82) is 0 Å². The minimum Gasteiger partial charge on any atom is -0.495 e. The van der Waals surface area contributed by atoms with Crippen molar-refractivity contribution in [3.8, 4) is 11.4 Å². The fraction of sp³-hybridized carbons (Fsp3) is 0.381. The van der Waals surface area contributed by atoms with Gasteiger partial charge in [-0.05, 0) is 60.0 Å². The zero-order valence-electron chi connectivity index (χ0n) is 15.9. The lowest BCUT2D eigenvalue weighted by Crippen LogP contribution is -2.40. The zero-order chi connectivity index (χ0) is 18.7. The van der Waals surface area contributed by atoms with E-state index in [1.54, 1.807) is 7.11 Å². The normalized spacial score (nSPS) is 16.1. The molecule has 140 valence electrons. The smallest absolute Gasteiger partial charge is 0.181 e. The molecule has 0 atom stereocenters. The van der Waals surface area contributed by atoms with Gasteiger partial charge in [-0.15, -0.1) is 5.10 Å². The van der Waals surface area contributed by atoms with Crippen LogP contribution in [0.2, 0.25) is 0 Å². The summed E-state index contributed by atoms with van der Waals surface area (Å²) in [4.78, 5) is 0. The van der Waals surface area contributed by atoms with Gasteiger partial charge in [0.25, 0.3) is 0 Å². The van der Waals surface area contributed by atoms with E-state index in [0.717, 1.165) is 48.6 Å². The Hall–Kier alpha value is -2.89. The van der Waals surface area contributed by atoms with E-state index >= 15 is 0 Å². The van der Waals surface area contributed by atoms with Crippen molar-refractivity contribution in [3.63, 3.8) is 0 Å². The highest BCUT2D eigenvalue weighted by molar-refractivity contribution is 5.58. The van der Waals surface area contributed by atoms with Crippen molar-refractivity contribution in [2.75, 3.05) is 12.4 Å². The van der Waals surface area contributed by atoms with Gasteiger partial charge in [-0.25, -0.2) is 0 Å². The zero-order valence-corrected chi connectivity index (χ0v) is 15.9. The maximum atomic E-state index is 5.56. The van der Waals surface area contributed by atoms with E-state index < -0.39 is 0 Å². The number of anilines is 1. The van der Waals surface area contributed by atoms with Gasteiger partial charge in [0.2, 0.25) is 0 Å². The number of benzene rings is 2. The summed E-state index contributed by atoms with van der Waals surface area (Å²) in [7, 11) is 1.70. The second-order valence-electron chi connectivity index (χ2n) is 7.22. The average molecular weight is 363 g/mol. The summed E-state index contributed by atoms with van der Waals surface area (Å²) < 4.78 is 7.43. The van der Waals surface area contributed by atoms with Crippen molar-refractivity contribution in [2.45, 2.75) is 44.6 Å². The number of methoxy groups -OCH3 is 1. The Balaban J connectivity index is 1.79. The van der Waals surface area contributed by atoms with E-state index in [1.807, 2.05) is 35.0 Å². The lowest BCUT2D eigenvalue weighted by molar-refractivity contribution is 0.308. The van der Waals surface area contributed by atoms with Crippen molar-refractivity contribution < 1.29 is 4.74 Å². The van der Waals surface area contributed by atoms with Gasteiger partial charge in [0.15, 0.2) is 5.82 Å². The monoisotopic (exact) mass is 363 g/mol. The molecule has 0 aliphatic heterocycles. The topological polar surface area (TPSA) is 64.9 Å². The Morgan fingerprint density at radius 1 is 1.04 bits per heavy atom. The molecule has 4 rings (SSSR count). The molecule has 1 N–H and O–H groups in total. The molecule has 1 fully saturated rings. The van der Waals surface area contributed by atoms with Gasteiger partial charge in [0, 0.05) is 0 Å². The molecule has 3 aromatic rings. The molecule has 0 bridgehead atoms. The summed E-state index contributed by atoms with van der Waals surface area (Å²) in [5.74, 6) is 1.69. The fourth-order valence-electron chi connectivity index (χ4n) is 3.98. The molecule has 2 aromatic carbocycles. The second-order valence-corrected chi connectivity index (χ2v) is 7.22. The van der Waals surface area contributed by atoms with Crippen molar-refractivity contribution in [1.82, 2.24) is 20.2 Å². The van der Waals surface area contributed by atoms with Crippen molar-refractivity contribution in [3.05, 3.63) is 59.9 Å². The summed E-state index contributed by atoms with van der Waals surface area (Å²) in [5, 5.41) is 16.6. The standard InChI is InChI=1S/C21H25N5O/c1-16-9-8-10-17(15-16)26-20(23-24-25-26)21(13-6-3-7-14-21)22-18-11-4-5-12-19(18)27-2/h4-5,8-12,15,22H,3,6-7,13-14H2,1-2H3. The van der Waals surface area contributed by atoms with Crippen molar-refractivity contribution in [2.24, 2.45) is 0 Å². The van der Waals surface area contributed by atoms with E-state index in [1.165, 1.54) is 12.0 Å². The first-order valence-corrected chi connectivity index (χ1v) is 9.49. The molecule has 0 amide bonds. The van der Waals surface area contributed by atoms with Crippen molar-refractivity contribution >= 4 is 5.69 Å². The summed E-state index contributed by atoms with van der Waals surface area (Å²) in [5.41, 5.74) is 2.83. The first kappa shape index (κ1) is 17.5. The van der Waals surface area contributed by atoms with Crippen LogP contribution in [0.5, 0.6) is 5.75 Å². The molecular formula is C21H25N5O. The number of ether oxygens (including phenoxy) is 1. The predicted octanol–water partition coefficient (Wildman–Crippen LogP) is 4.25. The largest absolute Gasteiger partial charge is 0.495 e. The average Bonchev–Trinajstić information content (AvgIpc) is 3.20. The van der Waals surface area contributed by atoms with E-state index in [0.29, 0.717) is 0 Å². The van der Waals surface area contributed by atoms with Crippen LogP contribution in [0.3, 0.4) is 0 Å². The van der Waals surface area contributed by atoms with E-state index in [-0.39, 0.29) is 5.54 Å². The van der Waals surface area contributed by atoms with Crippen LogP contribution in [0.15, 0.2) is 48.5 Å². The van der Waals surface area contributed by atoms with Crippen LogP contribution in [0.25, 0.3) is 5.69 Å². The number of tetrazole rings is 1. The lowest BCUT2D eigenvalue weighted by atomic mass is 9.80. The molecule has 1 aliphatic carbocycles. The van der Waals surface area contributed by atoms with Crippen LogP contribution in [-0.2, 0) is 5.54 Å². The number of hydrogen-bond acceptors (Lipinski definition) is 5. The molecule has 1 aromatic heterocycles. The number of aryl methyl sites for hydroxylation is 1. The third kappa shape index (κ3) is 3.39. The van der Waals surface area contributed by atoms with Crippen LogP contribution < -0.4 is 10.1 Å². The minimum atomic E-state index is -0.319. The number of rotatable bonds is 5. The lowest BCUT2D eigenvalue weighted by Gasteiger charge is -2.38. The summed E-state index contributed by atoms with van der Waals surface area (Å²) in [6.45, 7) is 2.08. The molecule has 1 saturated carbocycles. The van der Waals surface area contributed by atoms with E-state index in [9.17, 15) is 0 Å². The van der Waals surface area contributed by atoms with Crippen LogP contribution in [0, 0.1) is 6.92 Å². The molecule has 0 saturated heterocycles. The Kier molecular flexibility index (Phi) is 4.79. The first-order chi connectivity index (χ1) is 13.2. The third-order valence-corrected chi connectivity index (χ3v) is 5.33. The van der Waals surface area contributed by atoms with E-state index in [2.05, 4.69) is 46.0 Å². The molecule has 0 radical (unpaired) electrons. The number of aromatic nitrogens is 4. The van der Waals surface area contributed by atoms with Gasteiger partial charge in [-0.1, -0.05) is 43.5 Å². The fourth-order valence-corrected chi connectivity index (χ4v) is 3.98. The molecule has 6 heteroatoms. The number of nitrogens with zero attached hydrogens (tertiary/aromatic N) is 4. The first-order valence-electron chi connectivity index (χ1n) is 9.49. The number of nitrogens with one attached hydrogen (secondary N) is 1. The van der Waals surface area contributed by atoms with Crippen LogP contribution >= 0.6 is 0 Å². The SMILES string of the molecule is COc1ccccc1NC1(c2nnnn2-c2cccc(C)c2)CCCCC1. The van der Waals surface area contributed by atoms with Gasteiger partial charge in [0.1, 0.15) is 5.75 Å². The van der Waals surface area contributed by atoms with Gasteiger partial charge in [-0.2, -0.15) is 4.68 Å². The van der Waals surface area contributed by atoms with Gasteiger partial charge < -0.3 is 10.1 Å². The molecule has 1 aliphatic rings. The molecule has 6 nitrogen and oxygen atoms in total. The highest BCUT2D eigenvalue weighted by Crippen LogP contribution is 2.41. The summed E-state index contributed by atoms with van der Waals surface area (Å²) in [6.07, 6.45) is 5.49. The Morgan fingerprint density at radius 3 is 2.63 bits per heavy atom. The van der Waals surface area contributed by atoms with E-state index in [4.69, 9.17) is 4.74 Å². The molecule has 1 heterocycles. The minimum absolute atomic E-state index is 0.319. The Morgan fingerprint density at radius 2 is 1.85 bits per heavy atom. The number of hydrogen-bond donors (Lipinski definition) is 1.